The van der Waals surface area contributed by atoms with Gasteiger partial charge < -0.3 is 15.0 Å². The number of rotatable bonds is 12. The number of ether oxygens (including phenoxy) is 1. The van der Waals surface area contributed by atoms with E-state index in [2.05, 4.69) is 5.32 Å². The van der Waals surface area contributed by atoms with Crippen LogP contribution in [0.15, 0.2) is 77.7 Å². The summed E-state index contributed by atoms with van der Waals surface area (Å²) in [5, 5.41) is 2.83. The van der Waals surface area contributed by atoms with Gasteiger partial charge in [0, 0.05) is 12.6 Å². The highest BCUT2D eigenvalue weighted by atomic mass is 32.2. The molecule has 12 heteroatoms. The van der Waals surface area contributed by atoms with Crippen LogP contribution in [0.5, 0.6) is 5.75 Å². The van der Waals surface area contributed by atoms with Gasteiger partial charge in [0.1, 0.15) is 18.3 Å². The molecule has 1 N–H and O–H groups in total. The summed E-state index contributed by atoms with van der Waals surface area (Å²) in [4.78, 5) is 28.1. The maximum absolute atomic E-state index is 14.0. The van der Waals surface area contributed by atoms with Crippen molar-refractivity contribution in [2.45, 2.75) is 63.8 Å². The maximum atomic E-state index is 14.0. The fourth-order valence-corrected chi connectivity index (χ4v) is 5.63. The van der Waals surface area contributed by atoms with Crippen LogP contribution in [0.2, 0.25) is 0 Å². The first-order chi connectivity index (χ1) is 20.2. The molecule has 2 atom stereocenters. The Kier molecular flexibility index (Phi) is 10.8. The predicted octanol–water partition coefficient (Wildman–Crippen LogP) is 5.55. The third-order valence-electron chi connectivity index (χ3n) is 7.00. The van der Waals surface area contributed by atoms with Gasteiger partial charge in [-0.25, -0.2) is 8.42 Å². The van der Waals surface area contributed by atoms with E-state index in [1.54, 1.807) is 43.3 Å². The van der Waals surface area contributed by atoms with E-state index in [0.717, 1.165) is 17.7 Å². The molecule has 2 amide bonds. The van der Waals surface area contributed by atoms with Crippen LogP contribution in [0.25, 0.3) is 0 Å². The van der Waals surface area contributed by atoms with Gasteiger partial charge in [0.05, 0.1) is 23.3 Å². The zero-order valence-electron chi connectivity index (χ0n) is 24.7. The Morgan fingerprint density at radius 1 is 0.977 bits per heavy atom. The lowest BCUT2D eigenvalue weighted by atomic mass is 10.1. The lowest BCUT2D eigenvalue weighted by molar-refractivity contribution is -0.139. The second-order valence-corrected chi connectivity index (χ2v) is 12.1. The highest BCUT2D eigenvalue weighted by Crippen LogP contribution is 2.33. The van der Waals surface area contributed by atoms with Crippen molar-refractivity contribution >= 4 is 27.5 Å². The second-order valence-electron chi connectivity index (χ2n) is 10.2. The first kappa shape index (κ1) is 33.4. The molecule has 232 valence electrons. The highest BCUT2D eigenvalue weighted by Gasteiger charge is 2.35. The molecule has 0 heterocycles. The van der Waals surface area contributed by atoms with Crippen LogP contribution in [-0.4, -0.2) is 50.9 Å². The number of carbonyl (C=O) groups excluding carboxylic acids is 2. The summed E-state index contributed by atoms with van der Waals surface area (Å²) >= 11 is 0. The number of hydrogen-bond acceptors (Lipinski definition) is 5. The number of nitrogens with one attached hydrogen (secondary N) is 1. The van der Waals surface area contributed by atoms with Crippen LogP contribution in [-0.2, 0) is 32.3 Å². The van der Waals surface area contributed by atoms with Crippen LogP contribution in [0.1, 0.15) is 43.9 Å². The first-order valence-electron chi connectivity index (χ1n) is 13.7. The van der Waals surface area contributed by atoms with Crippen molar-refractivity contribution in [3.05, 3.63) is 89.5 Å². The molecule has 3 aromatic rings. The molecular formula is C31H36F3N3O5S. The Morgan fingerprint density at radius 3 is 2.23 bits per heavy atom. The van der Waals surface area contributed by atoms with E-state index < -0.39 is 46.2 Å². The Morgan fingerprint density at radius 2 is 1.63 bits per heavy atom. The number of carbonyl (C=O) groups is 2. The van der Waals surface area contributed by atoms with E-state index in [-0.39, 0.29) is 23.2 Å². The Balaban J connectivity index is 2.10. The van der Waals surface area contributed by atoms with Gasteiger partial charge in [-0.15, -0.1) is 0 Å². The van der Waals surface area contributed by atoms with Gasteiger partial charge >= 0.3 is 6.18 Å². The molecule has 0 radical (unpaired) electrons. The van der Waals surface area contributed by atoms with Crippen molar-refractivity contribution < 1.29 is 35.9 Å². The van der Waals surface area contributed by atoms with Gasteiger partial charge in [-0.2, -0.15) is 13.2 Å². The van der Waals surface area contributed by atoms with E-state index in [9.17, 15) is 31.2 Å². The normalized spacial score (nSPS) is 13.1. The number of methoxy groups -OCH3 is 1. The SMILES string of the molecule is CC[C@H](C)NC(=O)[C@H](C)N(Cc1cccc(OC)c1)C(=O)CN(c1cccc(C(F)(F)F)c1)S(=O)(=O)c1ccc(C)cc1. The predicted molar refractivity (Wildman–Crippen MR) is 158 cm³/mol. The number of anilines is 1. The van der Waals surface area contributed by atoms with E-state index in [1.165, 1.54) is 37.1 Å². The number of halogens is 3. The average molecular weight is 620 g/mol. The minimum atomic E-state index is -4.75. The minimum absolute atomic E-state index is 0.0911. The standard InChI is InChI=1S/C31H36F3N3O5S/c1-6-22(3)35-30(39)23(4)36(19-24-9-7-12-27(17-24)42-5)29(38)20-37(26-11-8-10-25(18-26)31(32,33)34)43(40,41)28-15-13-21(2)14-16-28/h7-18,22-23H,6,19-20H2,1-5H3,(H,35,39)/t22-,23-/m0/s1. The van der Waals surface area contributed by atoms with Gasteiger partial charge in [0.15, 0.2) is 0 Å². The van der Waals surface area contributed by atoms with Crippen LogP contribution in [0.3, 0.4) is 0 Å². The smallest absolute Gasteiger partial charge is 0.416 e. The van der Waals surface area contributed by atoms with Gasteiger partial charge in [-0.3, -0.25) is 13.9 Å². The maximum Gasteiger partial charge on any atom is 0.416 e. The Hall–Kier alpha value is -4.06. The largest absolute Gasteiger partial charge is 0.497 e. The molecule has 0 saturated heterocycles. The summed E-state index contributed by atoms with van der Waals surface area (Å²) in [6.45, 7) is 6.01. The molecule has 8 nitrogen and oxygen atoms in total. The molecule has 3 aromatic carbocycles. The minimum Gasteiger partial charge on any atom is -0.497 e. The van der Waals surface area contributed by atoms with Gasteiger partial charge in [-0.1, -0.05) is 42.8 Å². The third-order valence-corrected chi connectivity index (χ3v) is 8.79. The summed E-state index contributed by atoms with van der Waals surface area (Å²) in [5.74, 6) is -0.741. The van der Waals surface area contributed by atoms with Crippen LogP contribution in [0.4, 0.5) is 18.9 Å². The number of benzene rings is 3. The number of aryl methyl sites for hydroxylation is 1. The van der Waals surface area contributed by atoms with Crippen molar-refractivity contribution in [2.75, 3.05) is 18.0 Å². The summed E-state index contributed by atoms with van der Waals surface area (Å²) < 4.78 is 74.5. The molecule has 0 aromatic heterocycles. The fourth-order valence-electron chi connectivity index (χ4n) is 4.22. The zero-order chi connectivity index (χ0) is 31.9. The monoisotopic (exact) mass is 619 g/mol. The molecule has 0 unspecified atom stereocenters. The molecule has 0 aliphatic heterocycles. The van der Waals surface area contributed by atoms with Gasteiger partial charge in [-0.05, 0) is 75.2 Å². The molecule has 0 fully saturated rings. The lowest BCUT2D eigenvalue weighted by Crippen LogP contribution is -2.52. The lowest BCUT2D eigenvalue weighted by Gasteiger charge is -2.32. The quantitative estimate of drug-likeness (QED) is 0.287. The Labute approximate surface area is 250 Å². The molecule has 0 bridgehead atoms. The van der Waals surface area contributed by atoms with E-state index >= 15 is 0 Å². The van der Waals surface area contributed by atoms with Crippen LogP contribution < -0.4 is 14.4 Å². The van der Waals surface area contributed by atoms with E-state index in [4.69, 9.17) is 4.74 Å². The van der Waals surface area contributed by atoms with E-state index in [1.807, 2.05) is 13.8 Å². The molecule has 0 spiro atoms. The average Bonchev–Trinajstić information content (AvgIpc) is 2.97. The summed E-state index contributed by atoms with van der Waals surface area (Å²) in [6, 6.07) is 15.1. The van der Waals surface area contributed by atoms with Crippen LogP contribution >= 0.6 is 0 Å². The molecule has 0 aliphatic carbocycles. The van der Waals surface area contributed by atoms with Gasteiger partial charge in [0.2, 0.25) is 11.8 Å². The number of hydrogen-bond donors (Lipinski definition) is 1. The topological polar surface area (TPSA) is 96.0 Å². The summed E-state index contributed by atoms with van der Waals surface area (Å²) in [5.41, 5.74) is -0.0490. The molecular weight excluding hydrogens is 583 g/mol. The van der Waals surface area contributed by atoms with Crippen molar-refractivity contribution in [1.82, 2.24) is 10.2 Å². The van der Waals surface area contributed by atoms with Crippen LogP contribution in [0, 0.1) is 6.92 Å². The second kappa shape index (κ2) is 13.9. The fraction of sp³-hybridized carbons (Fsp3) is 0.355. The van der Waals surface area contributed by atoms with Crippen molar-refractivity contribution in [2.24, 2.45) is 0 Å². The van der Waals surface area contributed by atoms with Gasteiger partial charge in [0.25, 0.3) is 10.0 Å². The molecule has 3 rings (SSSR count). The number of sulfonamides is 1. The highest BCUT2D eigenvalue weighted by molar-refractivity contribution is 7.92. The zero-order valence-corrected chi connectivity index (χ0v) is 25.5. The number of alkyl halides is 3. The summed E-state index contributed by atoms with van der Waals surface area (Å²) in [6.07, 6.45) is -4.11. The van der Waals surface area contributed by atoms with Crippen molar-refractivity contribution in [3.8, 4) is 5.75 Å². The number of nitrogens with zero attached hydrogens (tertiary/aromatic N) is 2. The first-order valence-corrected chi connectivity index (χ1v) is 15.1. The Bertz CT molecular complexity index is 1530. The number of amides is 2. The van der Waals surface area contributed by atoms with E-state index in [0.29, 0.717) is 28.1 Å². The third kappa shape index (κ3) is 8.50. The van der Waals surface area contributed by atoms with Crippen molar-refractivity contribution in [3.63, 3.8) is 0 Å². The van der Waals surface area contributed by atoms with Crippen molar-refractivity contribution in [1.29, 1.82) is 0 Å². The molecule has 0 aliphatic rings. The summed E-state index contributed by atoms with van der Waals surface area (Å²) in [7, 11) is -3.04. The molecule has 43 heavy (non-hydrogen) atoms. The molecule has 0 saturated carbocycles.